The number of phosphoric acid groups is 1. The minimum Gasteiger partial charge on any atom is -0.387 e. The van der Waals surface area contributed by atoms with Gasteiger partial charge in [-0.05, 0) is 32.1 Å². The van der Waals surface area contributed by atoms with E-state index >= 15 is 0 Å². The van der Waals surface area contributed by atoms with Crippen LogP contribution in [-0.4, -0.2) is 73.4 Å². The predicted octanol–water partition coefficient (Wildman–Crippen LogP) is 12.5. The zero-order chi connectivity index (χ0) is 40.0. The Morgan fingerprint density at radius 1 is 0.611 bits per heavy atom. The summed E-state index contributed by atoms with van der Waals surface area (Å²) in [6.45, 7) is 4.80. The quantitative estimate of drug-likeness (QED) is 0.0247. The third kappa shape index (κ3) is 39.2. The average molecular weight is 786 g/mol. The lowest BCUT2D eigenvalue weighted by atomic mass is 10.0. The van der Waals surface area contributed by atoms with Crippen molar-refractivity contribution in [1.29, 1.82) is 0 Å². The highest BCUT2D eigenvalue weighted by molar-refractivity contribution is 7.47. The molecule has 3 N–H and O–H groups in total. The number of nitrogens with zero attached hydrogens (tertiary/aromatic N) is 1. The van der Waals surface area contributed by atoms with Crippen LogP contribution in [0, 0.1) is 0 Å². The first-order valence-electron chi connectivity index (χ1n) is 22.7. The molecule has 0 aromatic heterocycles. The highest BCUT2D eigenvalue weighted by Gasteiger charge is 2.27. The van der Waals surface area contributed by atoms with Crippen LogP contribution in [0.3, 0.4) is 0 Å². The minimum absolute atomic E-state index is 0.0583. The molecule has 0 aliphatic rings. The third-order valence-electron chi connectivity index (χ3n) is 10.2. The van der Waals surface area contributed by atoms with Gasteiger partial charge in [-0.3, -0.25) is 13.8 Å². The molecule has 54 heavy (non-hydrogen) atoms. The Hall–Kier alpha value is -1.02. The first-order valence-corrected chi connectivity index (χ1v) is 24.2. The van der Waals surface area contributed by atoms with Crippen molar-refractivity contribution < 1.29 is 32.9 Å². The van der Waals surface area contributed by atoms with E-state index in [1.54, 1.807) is 6.08 Å². The van der Waals surface area contributed by atoms with Crippen molar-refractivity contribution in [3.63, 3.8) is 0 Å². The smallest absolute Gasteiger partial charge is 0.387 e. The summed E-state index contributed by atoms with van der Waals surface area (Å²) < 4.78 is 23.5. The summed E-state index contributed by atoms with van der Waals surface area (Å²) in [5, 5.41) is 13.8. The summed E-state index contributed by atoms with van der Waals surface area (Å²) in [6.07, 6.45) is 43.9. The van der Waals surface area contributed by atoms with Crippen LogP contribution in [0.4, 0.5) is 0 Å². The highest BCUT2D eigenvalue weighted by Crippen LogP contribution is 2.43. The lowest BCUT2D eigenvalue weighted by Gasteiger charge is -2.25. The fourth-order valence-electron chi connectivity index (χ4n) is 6.53. The molecule has 9 heteroatoms. The number of carbonyl (C=O) groups is 1. The van der Waals surface area contributed by atoms with Crippen LogP contribution >= 0.6 is 7.82 Å². The molecule has 0 aliphatic carbocycles. The number of hydrogen-bond acceptors (Lipinski definition) is 5. The molecule has 320 valence electrons. The molecule has 0 rings (SSSR count). The van der Waals surface area contributed by atoms with E-state index in [2.05, 4.69) is 31.3 Å². The van der Waals surface area contributed by atoms with Crippen molar-refractivity contribution >= 4 is 13.7 Å². The molecule has 8 nitrogen and oxygen atoms in total. The minimum atomic E-state index is -4.34. The average Bonchev–Trinajstić information content (AvgIpc) is 3.12. The first kappa shape index (κ1) is 53.0. The number of aliphatic hydroxyl groups excluding tert-OH is 1. The first-order chi connectivity index (χ1) is 26.0. The van der Waals surface area contributed by atoms with Crippen molar-refractivity contribution in [2.24, 2.45) is 0 Å². The van der Waals surface area contributed by atoms with Crippen LogP contribution in [0.1, 0.15) is 206 Å². The van der Waals surface area contributed by atoms with Crippen LogP contribution in [0.25, 0.3) is 0 Å². The summed E-state index contributed by atoms with van der Waals surface area (Å²) in [5.41, 5.74) is 0. The topological polar surface area (TPSA) is 105 Å². The highest BCUT2D eigenvalue weighted by atomic mass is 31.2. The molecule has 0 aliphatic heterocycles. The van der Waals surface area contributed by atoms with Gasteiger partial charge in [0.05, 0.1) is 39.9 Å². The second kappa shape index (κ2) is 37.6. The van der Waals surface area contributed by atoms with Gasteiger partial charge in [-0.25, -0.2) is 4.57 Å². The number of rotatable bonds is 41. The van der Waals surface area contributed by atoms with Gasteiger partial charge >= 0.3 is 7.82 Å². The number of quaternary nitrogens is 1. The van der Waals surface area contributed by atoms with Crippen molar-refractivity contribution in [3.8, 4) is 0 Å². The fourth-order valence-corrected chi connectivity index (χ4v) is 7.26. The predicted molar refractivity (Wildman–Crippen MR) is 231 cm³/mol. The van der Waals surface area contributed by atoms with Crippen LogP contribution in [0.5, 0.6) is 0 Å². The number of likely N-dealkylation sites (N-methyl/N-ethyl adjacent to an activating group) is 1. The van der Waals surface area contributed by atoms with E-state index in [9.17, 15) is 19.4 Å². The maximum absolute atomic E-state index is 12.9. The molecule has 0 saturated heterocycles. The van der Waals surface area contributed by atoms with Crippen molar-refractivity contribution in [1.82, 2.24) is 5.32 Å². The van der Waals surface area contributed by atoms with Crippen molar-refractivity contribution in [3.05, 3.63) is 24.3 Å². The number of allylic oxidation sites excluding steroid dienone is 3. The number of phosphoric ester groups is 1. The molecule has 0 bridgehead atoms. The Morgan fingerprint density at radius 2 is 1.02 bits per heavy atom. The number of nitrogens with one attached hydrogen (secondary N) is 1. The Labute approximate surface area is 334 Å². The van der Waals surface area contributed by atoms with E-state index in [1.165, 1.54) is 148 Å². The fraction of sp³-hybridized carbons (Fsp3) is 0.889. The second-order valence-corrected chi connectivity index (χ2v) is 18.2. The van der Waals surface area contributed by atoms with E-state index in [1.807, 2.05) is 27.2 Å². The molecular formula is C45H90N2O6P+. The van der Waals surface area contributed by atoms with E-state index in [-0.39, 0.29) is 19.1 Å². The molecule has 0 heterocycles. The van der Waals surface area contributed by atoms with E-state index in [0.29, 0.717) is 17.4 Å². The summed E-state index contributed by atoms with van der Waals surface area (Å²) in [7, 11) is 1.56. The largest absolute Gasteiger partial charge is 0.472 e. The molecule has 0 aromatic carbocycles. The van der Waals surface area contributed by atoms with Gasteiger partial charge < -0.3 is 19.8 Å². The Morgan fingerprint density at radius 3 is 1.48 bits per heavy atom. The zero-order valence-corrected chi connectivity index (χ0v) is 37.1. The number of carbonyl (C=O) groups excluding carboxylic acids is 1. The number of aliphatic hydroxyl groups is 1. The molecule has 0 radical (unpaired) electrons. The van der Waals surface area contributed by atoms with Crippen LogP contribution in [0.15, 0.2) is 24.3 Å². The second-order valence-electron chi connectivity index (χ2n) is 16.8. The SMILES string of the molecule is CCCCCCCCCCCCC/C=C/CC/C=C/[C@@H](O)[C@H](COP(=O)(O)OCC[N+](C)(C)C)NC(=O)CCCCCCCCCCCCCCCCC. The Kier molecular flexibility index (Phi) is 36.8. The number of hydrogen-bond donors (Lipinski definition) is 3. The number of amides is 1. The normalized spacial score (nSPS) is 14.6. The van der Waals surface area contributed by atoms with Gasteiger partial charge in [0.1, 0.15) is 13.2 Å². The molecule has 3 atom stereocenters. The number of unbranched alkanes of at least 4 members (excludes halogenated alkanes) is 26. The maximum atomic E-state index is 12.9. The lowest BCUT2D eigenvalue weighted by molar-refractivity contribution is -0.870. The standard InChI is InChI=1S/C45H89N2O6P/c1-6-8-10-12-14-16-18-20-22-23-25-26-28-30-32-34-36-38-44(48)43(42-53-54(50,51)52-41-40-47(3,4)5)46-45(49)39-37-35-33-31-29-27-24-21-19-17-15-13-11-9-7-2/h28,30,36,38,43-44,48H,6-27,29,31-35,37,39-42H2,1-5H3,(H-,46,49,50,51)/p+1/b30-28+,38-36+/t43-,44+/m0/s1. The molecule has 0 spiro atoms. The summed E-state index contributed by atoms with van der Waals surface area (Å²) in [5.74, 6) is -0.185. The van der Waals surface area contributed by atoms with E-state index < -0.39 is 20.0 Å². The lowest BCUT2D eigenvalue weighted by Crippen LogP contribution is -2.45. The van der Waals surface area contributed by atoms with Gasteiger partial charge in [0.2, 0.25) is 5.91 Å². The maximum Gasteiger partial charge on any atom is 0.472 e. The van der Waals surface area contributed by atoms with Gasteiger partial charge in [0, 0.05) is 6.42 Å². The van der Waals surface area contributed by atoms with Gasteiger partial charge in [0.15, 0.2) is 0 Å². The van der Waals surface area contributed by atoms with Gasteiger partial charge in [-0.1, -0.05) is 192 Å². The third-order valence-corrected chi connectivity index (χ3v) is 11.2. The molecule has 0 fully saturated rings. The summed E-state index contributed by atoms with van der Waals surface area (Å²) in [6, 6.07) is -0.857. The van der Waals surface area contributed by atoms with E-state index in [0.717, 1.165) is 38.5 Å². The van der Waals surface area contributed by atoms with Crippen LogP contribution < -0.4 is 5.32 Å². The Balaban J connectivity index is 4.45. The van der Waals surface area contributed by atoms with Gasteiger partial charge in [-0.15, -0.1) is 0 Å². The molecule has 0 saturated carbocycles. The molecule has 1 amide bonds. The van der Waals surface area contributed by atoms with Crippen molar-refractivity contribution in [2.75, 3.05) is 40.9 Å². The summed E-state index contributed by atoms with van der Waals surface area (Å²) in [4.78, 5) is 23.1. The Bertz CT molecular complexity index is 938. The summed E-state index contributed by atoms with van der Waals surface area (Å²) >= 11 is 0. The van der Waals surface area contributed by atoms with Crippen LogP contribution in [0.2, 0.25) is 0 Å². The molecule has 0 aromatic rings. The zero-order valence-electron chi connectivity index (χ0n) is 36.2. The monoisotopic (exact) mass is 786 g/mol. The van der Waals surface area contributed by atoms with Gasteiger partial charge in [-0.2, -0.15) is 0 Å². The van der Waals surface area contributed by atoms with E-state index in [4.69, 9.17) is 9.05 Å². The molecule has 1 unspecified atom stereocenters. The van der Waals surface area contributed by atoms with Crippen molar-refractivity contribution in [2.45, 2.75) is 219 Å². The van der Waals surface area contributed by atoms with Gasteiger partial charge in [0.25, 0.3) is 0 Å². The van der Waals surface area contributed by atoms with Crippen LogP contribution in [-0.2, 0) is 18.4 Å². The molecular weight excluding hydrogens is 695 g/mol.